The molecule has 0 bridgehead atoms. The van der Waals surface area contributed by atoms with Crippen LogP contribution in [0.1, 0.15) is 13.8 Å². The van der Waals surface area contributed by atoms with Gasteiger partial charge in [-0.1, -0.05) is 71.9 Å². The lowest BCUT2D eigenvalue weighted by Gasteiger charge is -2.26. The summed E-state index contributed by atoms with van der Waals surface area (Å²) in [5.74, 6) is 0.888. The number of thioether (sulfide) groups is 1. The van der Waals surface area contributed by atoms with Gasteiger partial charge in [-0.25, -0.2) is 0 Å². The van der Waals surface area contributed by atoms with Crippen LogP contribution in [-0.4, -0.2) is 32.5 Å². The van der Waals surface area contributed by atoms with E-state index in [1.807, 2.05) is 108 Å². The highest BCUT2D eigenvalue weighted by atomic mass is 35.5. The Morgan fingerprint density at radius 3 is 2.22 bits per heavy atom. The molecule has 0 atom stereocenters. The van der Waals surface area contributed by atoms with Crippen LogP contribution in [0.2, 0.25) is 5.02 Å². The highest BCUT2D eigenvalue weighted by molar-refractivity contribution is 7.99. The molecule has 0 unspecified atom stereocenters. The molecule has 0 fully saturated rings. The zero-order valence-corrected chi connectivity index (χ0v) is 19.4. The molecule has 32 heavy (non-hydrogen) atoms. The van der Waals surface area contributed by atoms with Gasteiger partial charge >= 0.3 is 0 Å². The molecule has 5 nitrogen and oxygen atoms in total. The minimum absolute atomic E-state index is 0.0121. The van der Waals surface area contributed by atoms with Gasteiger partial charge in [0.2, 0.25) is 5.91 Å². The number of rotatable bonds is 7. The molecule has 7 heteroatoms. The van der Waals surface area contributed by atoms with Crippen LogP contribution >= 0.6 is 23.4 Å². The van der Waals surface area contributed by atoms with Gasteiger partial charge < -0.3 is 4.90 Å². The van der Waals surface area contributed by atoms with Crippen molar-refractivity contribution in [3.05, 3.63) is 90.0 Å². The van der Waals surface area contributed by atoms with Crippen molar-refractivity contribution in [3.63, 3.8) is 0 Å². The monoisotopic (exact) mass is 462 g/mol. The van der Waals surface area contributed by atoms with E-state index in [0.29, 0.717) is 16.0 Å². The van der Waals surface area contributed by atoms with E-state index in [1.165, 1.54) is 11.8 Å². The van der Waals surface area contributed by atoms with Gasteiger partial charge in [0.1, 0.15) is 0 Å². The number of aromatic nitrogens is 3. The van der Waals surface area contributed by atoms with Crippen molar-refractivity contribution in [2.75, 3.05) is 10.7 Å². The molecule has 1 heterocycles. The first-order valence-corrected chi connectivity index (χ1v) is 11.7. The number of amides is 1. The molecule has 0 aliphatic rings. The fourth-order valence-corrected chi connectivity index (χ4v) is 4.54. The molecular formula is C25H23ClN4OS. The second-order valence-electron chi connectivity index (χ2n) is 7.44. The number of carbonyl (C=O) groups excluding carboxylic acids is 1. The van der Waals surface area contributed by atoms with E-state index in [0.717, 1.165) is 16.9 Å². The number of nitrogens with zero attached hydrogens (tertiary/aromatic N) is 4. The number of para-hydroxylation sites is 2. The van der Waals surface area contributed by atoms with E-state index in [1.54, 1.807) is 0 Å². The standard InChI is InChI=1S/C25H23ClN4OS/c1-18(2)29(19-11-5-3-6-12-19)23(31)17-32-25-28-27-24(21-15-9-10-16-22(21)26)30(25)20-13-7-4-8-14-20/h3-16,18H,17H2,1-2H3. The van der Waals surface area contributed by atoms with Crippen molar-refractivity contribution in [1.29, 1.82) is 0 Å². The van der Waals surface area contributed by atoms with Gasteiger partial charge in [0.15, 0.2) is 11.0 Å². The summed E-state index contributed by atoms with van der Waals surface area (Å²) in [6.07, 6.45) is 0. The van der Waals surface area contributed by atoms with Crippen LogP contribution in [-0.2, 0) is 4.79 Å². The molecule has 0 saturated carbocycles. The summed E-state index contributed by atoms with van der Waals surface area (Å²) in [6, 6.07) is 27.2. The Bertz CT molecular complexity index is 1200. The molecule has 0 saturated heterocycles. The van der Waals surface area contributed by atoms with E-state index < -0.39 is 0 Å². The zero-order chi connectivity index (χ0) is 22.5. The lowest BCUT2D eigenvalue weighted by atomic mass is 10.2. The van der Waals surface area contributed by atoms with Gasteiger partial charge in [0, 0.05) is 23.0 Å². The normalized spacial score (nSPS) is 11.0. The lowest BCUT2D eigenvalue weighted by molar-refractivity contribution is -0.116. The lowest BCUT2D eigenvalue weighted by Crippen LogP contribution is -2.38. The Hall–Kier alpha value is -3.09. The predicted molar refractivity (Wildman–Crippen MR) is 132 cm³/mol. The SMILES string of the molecule is CC(C)N(C(=O)CSc1nnc(-c2ccccc2Cl)n1-c1ccccc1)c1ccccc1. The van der Waals surface area contributed by atoms with Crippen LogP contribution in [0.5, 0.6) is 0 Å². The number of carbonyl (C=O) groups is 1. The maximum absolute atomic E-state index is 13.2. The summed E-state index contributed by atoms with van der Waals surface area (Å²) in [5, 5.41) is 10.1. The Morgan fingerprint density at radius 2 is 1.56 bits per heavy atom. The Morgan fingerprint density at radius 1 is 0.938 bits per heavy atom. The number of benzene rings is 3. The highest BCUT2D eigenvalue weighted by Gasteiger charge is 2.22. The van der Waals surface area contributed by atoms with Gasteiger partial charge in [-0.3, -0.25) is 9.36 Å². The van der Waals surface area contributed by atoms with Crippen molar-refractivity contribution in [2.24, 2.45) is 0 Å². The van der Waals surface area contributed by atoms with Crippen molar-refractivity contribution in [3.8, 4) is 17.1 Å². The summed E-state index contributed by atoms with van der Waals surface area (Å²) >= 11 is 7.82. The topological polar surface area (TPSA) is 51.0 Å². The van der Waals surface area contributed by atoms with Crippen LogP contribution in [0.25, 0.3) is 17.1 Å². The molecule has 0 aliphatic carbocycles. The number of anilines is 1. The number of hydrogen-bond acceptors (Lipinski definition) is 4. The largest absolute Gasteiger partial charge is 0.309 e. The molecule has 4 rings (SSSR count). The van der Waals surface area contributed by atoms with Crippen LogP contribution in [0, 0.1) is 0 Å². The Labute approximate surface area is 197 Å². The average molecular weight is 463 g/mol. The maximum atomic E-state index is 13.2. The smallest absolute Gasteiger partial charge is 0.237 e. The third-order valence-corrected chi connectivity index (χ3v) is 6.15. The van der Waals surface area contributed by atoms with Gasteiger partial charge in [-0.15, -0.1) is 10.2 Å². The highest BCUT2D eigenvalue weighted by Crippen LogP contribution is 2.32. The molecule has 1 aromatic heterocycles. The second-order valence-corrected chi connectivity index (χ2v) is 8.79. The first-order chi connectivity index (χ1) is 15.6. The fraction of sp³-hybridized carbons (Fsp3) is 0.160. The molecule has 162 valence electrons. The molecule has 0 radical (unpaired) electrons. The minimum atomic E-state index is 0.0121. The van der Waals surface area contributed by atoms with Crippen LogP contribution < -0.4 is 4.90 Å². The Balaban J connectivity index is 1.66. The molecule has 4 aromatic rings. The van der Waals surface area contributed by atoms with Gasteiger partial charge in [0.05, 0.1) is 10.8 Å². The van der Waals surface area contributed by atoms with Crippen molar-refractivity contribution in [1.82, 2.24) is 14.8 Å². The van der Waals surface area contributed by atoms with E-state index in [4.69, 9.17) is 11.6 Å². The zero-order valence-electron chi connectivity index (χ0n) is 17.9. The van der Waals surface area contributed by atoms with E-state index in [2.05, 4.69) is 10.2 Å². The van der Waals surface area contributed by atoms with Crippen LogP contribution in [0.4, 0.5) is 5.69 Å². The summed E-state index contributed by atoms with van der Waals surface area (Å²) < 4.78 is 1.95. The first-order valence-electron chi connectivity index (χ1n) is 10.3. The molecular weight excluding hydrogens is 440 g/mol. The molecule has 1 amide bonds. The van der Waals surface area contributed by atoms with E-state index in [-0.39, 0.29) is 17.7 Å². The van der Waals surface area contributed by atoms with Gasteiger partial charge in [0.25, 0.3) is 0 Å². The third kappa shape index (κ3) is 4.71. The molecule has 0 spiro atoms. The average Bonchev–Trinajstić information content (AvgIpc) is 3.23. The predicted octanol–water partition coefficient (Wildman–Crippen LogP) is 6.12. The van der Waals surface area contributed by atoms with Crippen molar-refractivity contribution in [2.45, 2.75) is 25.0 Å². The molecule has 0 N–H and O–H groups in total. The number of hydrogen-bond donors (Lipinski definition) is 0. The molecule has 0 aliphatic heterocycles. The first kappa shape index (κ1) is 22.1. The van der Waals surface area contributed by atoms with Crippen molar-refractivity contribution >= 4 is 35.0 Å². The summed E-state index contributed by atoms with van der Waals surface area (Å²) in [4.78, 5) is 15.0. The summed E-state index contributed by atoms with van der Waals surface area (Å²) in [7, 11) is 0. The fourth-order valence-electron chi connectivity index (χ4n) is 3.50. The third-order valence-electron chi connectivity index (χ3n) is 4.91. The number of halogens is 1. The summed E-state index contributed by atoms with van der Waals surface area (Å²) in [6.45, 7) is 4.02. The van der Waals surface area contributed by atoms with Gasteiger partial charge in [-0.2, -0.15) is 0 Å². The van der Waals surface area contributed by atoms with Crippen LogP contribution in [0.15, 0.2) is 90.1 Å². The van der Waals surface area contributed by atoms with Crippen molar-refractivity contribution < 1.29 is 4.79 Å². The molecule has 3 aromatic carbocycles. The minimum Gasteiger partial charge on any atom is -0.309 e. The van der Waals surface area contributed by atoms with Gasteiger partial charge in [-0.05, 0) is 50.2 Å². The quantitative estimate of drug-likeness (QED) is 0.310. The second kappa shape index (κ2) is 10.0. The van der Waals surface area contributed by atoms with Crippen LogP contribution in [0.3, 0.4) is 0 Å². The van der Waals surface area contributed by atoms with E-state index >= 15 is 0 Å². The Kier molecular flexibility index (Phi) is 6.93. The maximum Gasteiger partial charge on any atom is 0.237 e. The summed E-state index contributed by atoms with van der Waals surface area (Å²) in [5.41, 5.74) is 2.58. The van der Waals surface area contributed by atoms with E-state index in [9.17, 15) is 4.79 Å².